The van der Waals surface area contributed by atoms with Crippen molar-refractivity contribution in [3.8, 4) is 0 Å². The number of aliphatic hydroxyl groups is 1. The van der Waals surface area contributed by atoms with Gasteiger partial charge in [0.2, 0.25) is 0 Å². The van der Waals surface area contributed by atoms with Gasteiger partial charge in [-0.15, -0.1) is 11.3 Å². The van der Waals surface area contributed by atoms with E-state index in [0.717, 1.165) is 11.3 Å². The molecule has 0 aliphatic rings. The Morgan fingerprint density at radius 2 is 2.17 bits per heavy atom. The molecule has 2 heterocycles. The molecule has 2 rings (SSSR count). The van der Waals surface area contributed by atoms with E-state index in [1.165, 1.54) is 23.7 Å². The van der Waals surface area contributed by atoms with Crippen molar-refractivity contribution in [2.24, 2.45) is 0 Å². The maximum Gasteiger partial charge on any atom is 0.252 e. The zero-order valence-electron chi connectivity index (χ0n) is 9.74. The Morgan fingerprint density at radius 1 is 1.39 bits per heavy atom. The number of aliphatic hydroxyl groups excluding tert-OH is 1. The summed E-state index contributed by atoms with van der Waals surface area (Å²) in [6.07, 6.45) is 1.50. The van der Waals surface area contributed by atoms with Crippen molar-refractivity contribution in [2.75, 3.05) is 7.05 Å². The van der Waals surface area contributed by atoms with E-state index in [4.69, 9.17) is 9.52 Å². The van der Waals surface area contributed by atoms with Gasteiger partial charge in [-0.05, 0) is 24.3 Å². The molecule has 0 spiro atoms. The Kier molecular flexibility index (Phi) is 3.86. The summed E-state index contributed by atoms with van der Waals surface area (Å²) in [5.41, 5.74) is 0. The Morgan fingerprint density at radius 3 is 2.72 bits per heavy atom. The SMILES string of the molecule is CN(Cc1ccco1)S(=O)(=O)c1ccc(CO)s1. The molecule has 2 aromatic heterocycles. The molecular formula is C11H13NO4S2. The fourth-order valence-electron chi connectivity index (χ4n) is 1.44. The number of hydrogen-bond donors (Lipinski definition) is 1. The highest BCUT2D eigenvalue weighted by Gasteiger charge is 2.23. The number of furan rings is 1. The lowest BCUT2D eigenvalue weighted by atomic mass is 10.4. The first-order valence-electron chi connectivity index (χ1n) is 5.22. The van der Waals surface area contributed by atoms with Crippen LogP contribution in [0.3, 0.4) is 0 Å². The van der Waals surface area contributed by atoms with E-state index in [9.17, 15) is 8.42 Å². The second-order valence-corrected chi connectivity index (χ2v) is 7.16. The van der Waals surface area contributed by atoms with Crippen LogP contribution in [-0.2, 0) is 23.2 Å². The van der Waals surface area contributed by atoms with E-state index >= 15 is 0 Å². The molecule has 0 amide bonds. The van der Waals surface area contributed by atoms with Crippen LogP contribution in [0.15, 0.2) is 39.2 Å². The predicted octanol–water partition coefficient (Wildman–Crippen LogP) is 1.65. The van der Waals surface area contributed by atoms with E-state index in [-0.39, 0.29) is 17.4 Å². The van der Waals surface area contributed by atoms with Crippen LogP contribution in [0.5, 0.6) is 0 Å². The van der Waals surface area contributed by atoms with Gasteiger partial charge in [-0.25, -0.2) is 8.42 Å². The monoisotopic (exact) mass is 287 g/mol. The normalized spacial score (nSPS) is 12.2. The Labute approximate surface area is 109 Å². The lowest BCUT2D eigenvalue weighted by molar-refractivity contribution is 0.285. The molecule has 1 N–H and O–H groups in total. The largest absolute Gasteiger partial charge is 0.468 e. The standard InChI is InChI=1S/C11H13NO4S2/c1-12(7-9-3-2-6-16-9)18(14,15)11-5-4-10(8-13)17-11/h2-6,13H,7-8H2,1H3. The molecule has 18 heavy (non-hydrogen) atoms. The zero-order chi connectivity index (χ0) is 13.2. The van der Waals surface area contributed by atoms with Crippen molar-refractivity contribution in [3.05, 3.63) is 41.2 Å². The summed E-state index contributed by atoms with van der Waals surface area (Å²) in [7, 11) is -2.03. The van der Waals surface area contributed by atoms with Gasteiger partial charge in [0.25, 0.3) is 10.0 Å². The van der Waals surface area contributed by atoms with Crippen LogP contribution in [0.1, 0.15) is 10.6 Å². The third-order valence-electron chi connectivity index (χ3n) is 2.42. The molecule has 98 valence electrons. The molecular weight excluding hydrogens is 274 g/mol. The second-order valence-electron chi connectivity index (χ2n) is 3.72. The van der Waals surface area contributed by atoms with Gasteiger partial charge in [-0.3, -0.25) is 0 Å². The molecule has 0 fully saturated rings. The minimum absolute atomic E-state index is 0.151. The summed E-state index contributed by atoms with van der Waals surface area (Å²) in [5.74, 6) is 0.583. The van der Waals surface area contributed by atoms with Crippen LogP contribution in [0, 0.1) is 0 Å². The first-order chi connectivity index (χ1) is 8.54. The van der Waals surface area contributed by atoms with Crippen LogP contribution >= 0.6 is 11.3 Å². The lowest BCUT2D eigenvalue weighted by Gasteiger charge is -2.14. The number of nitrogens with zero attached hydrogens (tertiary/aromatic N) is 1. The van der Waals surface area contributed by atoms with E-state index in [1.807, 2.05) is 0 Å². The van der Waals surface area contributed by atoms with Crippen LogP contribution in [0.4, 0.5) is 0 Å². The van der Waals surface area contributed by atoms with Gasteiger partial charge in [-0.1, -0.05) is 0 Å². The molecule has 0 atom stereocenters. The number of sulfonamides is 1. The fraction of sp³-hybridized carbons (Fsp3) is 0.273. The van der Waals surface area contributed by atoms with Crippen molar-refractivity contribution in [3.63, 3.8) is 0 Å². The topological polar surface area (TPSA) is 70.8 Å². The van der Waals surface area contributed by atoms with Crippen LogP contribution < -0.4 is 0 Å². The molecule has 0 aliphatic heterocycles. The van der Waals surface area contributed by atoms with E-state index in [1.54, 1.807) is 18.2 Å². The van der Waals surface area contributed by atoms with Crippen molar-refractivity contribution >= 4 is 21.4 Å². The molecule has 2 aromatic rings. The first-order valence-corrected chi connectivity index (χ1v) is 7.48. The third kappa shape index (κ3) is 2.64. The van der Waals surface area contributed by atoms with Gasteiger partial charge < -0.3 is 9.52 Å². The molecule has 5 nitrogen and oxygen atoms in total. The Bertz CT molecular complexity index is 601. The van der Waals surface area contributed by atoms with Crippen molar-refractivity contribution in [1.82, 2.24) is 4.31 Å². The fourth-order valence-corrected chi connectivity index (χ4v) is 4.01. The van der Waals surface area contributed by atoms with Crippen LogP contribution in [0.2, 0.25) is 0 Å². The van der Waals surface area contributed by atoms with E-state index in [0.29, 0.717) is 10.6 Å². The first kappa shape index (κ1) is 13.3. The summed E-state index contributed by atoms with van der Waals surface area (Å²) >= 11 is 1.07. The van der Waals surface area contributed by atoms with E-state index < -0.39 is 10.0 Å². The lowest BCUT2D eigenvalue weighted by Crippen LogP contribution is -2.25. The van der Waals surface area contributed by atoms with Gasteiger partial charge in [-0.2, -0.15) is 4.31 Å². The van der Waals surface area contributed by atoms with Gasteiger partial charge in [0.05, 0.1) is 19.4 Å². The van der Waals surface area contributed by atoms with Gasteiger partial charge in [0.15, 0.2) is 0 Å². The highest BCUT2D eigenvalue weighted by Crippen LogP contribution is 2.25. The molecule has 0 aliphatic carbocycles. The molecule has 0 bridgehead atoms. The van der Waals surface area contributed by atoms with Gasteiger partial charge in [0, 0.05) is 11.9 Å². The zero-order valence-corrected chi connectivity index (χ0v) is 11.4. The average molecular weight is 287 g/mol. The van der Waals surface area contributed by atoms with E-state index in [2.05, 4.69) is 0 Å². The maximum absolute atomic E-state index is 12.2. The molecule has 0 saturated carbocycles. The molecule has 0 aromatic carbocycles. The van der Waals surface area contributed by atoms with Crippen LogP contribution in [0.25, 0.3) is 0 Å². The quantitative estimate of drug-likeness (QED) is 0.907. The molecule has 0 radical (unpaired) electrons. The number of hydrogen-bond acceptors (Lipinski definition) is 5. The second kappa shape index (κ2) is 5.23. The summed E-state index contributed by atoms with van der Waals surface area (Å²) in [6.45, 7) is 0.0315. The van der Waals surface area contributed by atoms with Crippen molar-refractivity contribution < 1.29 is 17.9 Å². The van der Waals surface area contributed by atoms with Gasteiger partial charge in [0.1, 0.15) is 9.97 Å². The van der Waals surface area contributed by atoms with Crippen molar-refractivity contribution in [1.29, 1.82) is 0 Å². The van der Waals surface area contributed by atoms with Crippen LogP contribution in [-0.4, -0.2) is 24.9 Å². The third-order valence-corrected chi connectivity index (χ3v) is 5.76. The summed E-state index contributed by atoms with van der Waals surface area (Å²) in [4.78, 5) is 0.625. The summed E-state index contributed by atoms with van der Waals surface area (Å²) in [6, 6.07) is 6.55. The number of thiophene rings is 1. The minimum Gasteiger partial charge on any atom is -0.468 e. The predicted molar refractivity (Wildman–Crippen MR) is 67.6 cm³/mol. The van der Waals surface area contributed by atoms with Gasteiger partial charge >= 0.3 is 0 Å². The summed E-state index contributed by atoms with van der Waals surface area (Å²) in [5, 5.41) is 8.95. The molecule has 0 unspecified atom stereocenters. The number of rotatable bonds is 5. The van der Waals surface area contributed by atoms with Crippen molar-refractivity contribution in [2.45, 2.75) is 17.4 Å². The molecule has 7 heteroatoms. The maximum atomic E-state index is 12.2. The summed E-state index contributed by atoms with van der Waals surface area (Å²) < 4.78 is 31.0. The smallest absolute Gasteiger partial charge is 0.252 e. The Hall–Kier alpha value is -1.15. The minimum atomic E-state index is -3.52. The Balaban J connectivity index is 2.19. The highest BCUT2D eigenvalue weighted by atomic mass is 32.2. The average Bonchev–Trinajstić information content (AvgIpc) is 2.99. The highest BCUT2D eigenvalue weighted by molar-refractivity contribution is 7.91. The molecule has 0 saturated heterocycles.